The van der Waals surface area contributed by atoms with E-state index >= 15 is 0 Å². The van der Waals surface area contributed by atoms with Crippen LogP contribution >= 0.6 is 11.3 Å². The summed E-state index contributed by atoms with van der Waals surface area (Å²) in [5.74, 6) is 6.48. The molecule has 1 aromatic heterocycles. The molecule has 0 saturated heterocycles. The molecule has 1 atom stereocenters. The predicted molar refractivity (Wildman–Crippen MR) is 60.4 cm³/mol. The molecule has 0 aliphatic heterocycles. The zero-order chi connectivity index (χ0) is 10.8. The van der Waals surface area contributed by atoms with Gasteiger partial charge in [-0.05, 0) is 16.9 Å². The molecule has 0 bridgehead atoms. The van der Waals surface area contributed by atoms with E-state index in [1.807, 2.05) is 11.4 Å². The molecule has 1 rings (SSSR count). The van der Waals surface area contributed by atoms with Crippen LogP contribution in [0, 0.1) is 5.41 Å². The molecule has 1 heterocycles. The molecule has 1 unspecified atom stereocenters. The van der Waals surface area contributed by atoms with E-state index in [0.29, 0.717) is 0 Å². The standard InChI is InChI=1S/C10H18N2OS/c1-10(2,3)9(12-11)8-7(13-4)5-6-14-8/h5-6,9,12H,11H2,1-4H3. The van der Waals surface area contributed by atoms with E-state index in [-0.39, 0.29) is 11.5 Å². The second-order valence-electron chi connectivity index (χ2n) is 4.32. The molecule has 3 N–H and O–H groups in total. The molecule has 14 heavy (non-hydrogen) atoms. The molecular weight excluding hydrogens is 196 g/mol. The molecule has 0 aliphatic carbocycles. The maximum atomic E-state index is 5.57. The van der Waals surface area contributed by atoms with Crippen molar-refractivity contribution in [2.45, 2.75) is 26.8 Å². The van der Waals surface area contributed by atoms with Gasteiger partial charge in [0, 0.05) is 0 Å². The summed E-state index contributed by atoms with van der Waals surface area (Å²) in [6, 6.07) is 2.09. The van der Waals surface area contributed by atoms with Crippen LogP contribution < -0.4 is 16.0 Å². The number of ether oxygens (including phenoxy) is 1. The Labute approximate surface area is 89.2 Å². The molecule has 3 nitrogen and oxygen atoms in total. The molecular formula is C10H18N2OS. The average Bonchev–Trinajstić information content (AvgIpc) is 2.51. The highest BCUT2D eigenvalue weighted by atomic mass is 32.1. The Morgan fingerprint density at radius 2 is 2.14 bits per heavy atom. The molecule has 0 amide bonds. The lowest BCUT2D eigenvalue weighted by atomic mass is 9.86. The summed E-state index contributed by atoms with van der Waals surface area (Å²) in [5, 5.41) is 2.02. The first-order chi connectivity index (χ1) is 6.50. The van der Waals surface area contributed by atoms with Crippen molar-refractivity contribution < 1.29 is 4.74 Å². The van der Waals surface area contributed by atoms with E-state index in [0.717, 1.165) is 10.6 Å². The summed E-state index contributed by atoms with van der Waals surface area (Å²) < 4.78 is 5.28. The van der Waals surface area contributed by atoms with E-state index in [1.54, 1.807) is 18.4 Å². The fraction of sp³-hybridized carbons (Fsp3) is 0.600. The first-order valence-corrected chi connectivity index (χ1v) is 5.46. The van der Waals surface area contributed by atoms with Crippen LogP contribution in [0.4, 0.5) is 0 Å². The SMILES string of the molecule is COc1ccsc1C(NN)C(C)(C)C. The highest BCUT2D eigenvalue weighted by Crippen LogP contribution is 2.39. The van der Waals surface area contributed by atoms with Gasteiger partial charge in [-0.2, -0.15) is 0 Å². The zero-order valence-electron chi connectivity index (χ0n) is 9.13. The minimum absolute atomic E-state index is 0.0763. The number of methoxy groups -OCH3 is 1. The maximum absolute atomic E-state index is 5.57. The smallest absolute Gasteiger partial charge is 0.134 e. The number of thiophene rings is 1. The fourth-order valence-corrected chi connectivity index (χ4v) is 2.57. The lowest BCUT2D eigenvalue weighted by Gasteiger charge is -2.29. The van der Waals surface area contributed by atoms with Gasteiger partial charge < -0.3 is 4.74 Å². The monoisotopic (exact) mass is 214 g/mol. The second kappa shape index (κ2) is 4.29. The fourth-order valence-electron chi connectivity index (χ4n) is 1.41. The number of hydrogen-bond acceptors (Lipinski definition) is 4. The third-order valence-corrected chi connectivity index (χ3v) is 3.14. The Hall–Kier alpha value is -0.580. The van der Waals surface area contributed by atoms with Crippen LogP contribution in [0.2, 0.25) is 0 Å². The van der Waals surface area contributed by atoms with E-state index < -0.39 is 0 Å². The summed E-state index contributed by atoms with van der Waals surface area (Å²) in [6.07, 6.45) is 0. The second-order valence-corrected chi connectivity index (χ2v) is 5.27. The third-order valence-electron chi connectivity index (χ3n) is 2.17. The highest BCUT2D eigenvalue weighted by Gasteiger charge is 2.28. The van der Waals surface area contributed by atoms with E-state index in [2.05, 4.69) is 26.2 Å². The molecule has 0 aromatic carbocycles. The van der Waals surface area contributed by atoms with E-state index in [4.69, 9.17) is 10.6 Å². The summed E-state index contributed by atoms with van der Waals surface area (Å²) in [7, 11) is 1.68. The van der Waals surface area contributed by atoms with Crippen molar-refractivity contribution in [3.63, 3.8) is 0 Å². The molecule has 0 aliphatic rings. The minimum atomic E-state index is 0.0763. The third kappa shape index (κ3) is 2.26. The van der Waals surface area contributed by atoms with Crippen LogP contribution in [0.15, 0.2) is 11.4 Å². The number of hydrazine groups is 1. The summed E-state index contributed by atoms with van der Waals surface area (Å²) in [4.78, 5) is 1.16. The molecule has 0 radical (unpaired) electrons. The van der Waals surface area contributed by atoms with Crippen molar-refractivity contribution in [3.8, 4) is 5.75 Å². The van der Waals surface area contributed by atoms with Crippen LogP contribution in [-0.2, 0) is 0 Å². The van der Waals surface area contributed by atoms with Crippen molar-refractivity contribution >= 4 is 11.3 Å². The number of nitrogens with two attached hydrogens (primary N) is 1. The first-order valence-electron chi connectivity index (χ1n) is 4.58. The minimum Gasteiger partial charge on any atom is -0.496 e. The lowest BCUT2D eigenvalue weighted by Crippen LogP contribution is -2.36. The van der Waals surface area contributed by atoms with Crippen LogP contribution in [0.1, 0.15) is 31.7 Å². The molecule has 4 heteroatoms. The van der Waals surface area contributed by atoms with Crippen molar-refractivity contribution in [1.82, 2.24) is 5.43 Å². The first kappa shape index (κ1) is 11.5. The van der Waals surface area contributed by atoms with Crippen molar-refractivity contribution in [1.29, 1.82) is 0 Å². The Bertz CT molecular complexity index is 291. The topological polar surface area (TPSA) is 47.3 Å². The van der Waals surface area contributed by atoms with Gasteiger partial charge in [0.2, 0.25) is 0 Å². The van der Waals surface area contributed by atoms with Crippen LogP contribution in [0.5, 0.6) is 5.75 Å². The van der Waals surface area contributed by atoms with Gasteiger partial charge in [0.15, 0.2) is 0 Å². The lowest BCUT2D eigenvalue weighted by molar-refractivity contribution is 0.272. The summed E-state index contributed by atoms with van der Waals surface area (Å²) in [5.41, 5.74) is 2.93. The zero-order valence-corrected chi connectivity index (χ0v) is 9.94. The molecule has 1 aromatic rings. The van der Waals surface area contributed by atoms with Gasteiger partial charge in [-0.1, -0.05) is 20.8 Å². The largest absolute Gasteiger partial charge is 0.496 e. The van der Waals surface area contributed by atoms with Crippen molar-refractivity contribution in [2.75, 3.05) is 7.11 Å². The van der Waals surface area contributed by atoms with Gasteiger partial charge in [0.05, 0.1) is 18.0 Å². The van der Waals surface area contributed by atoms with Crippen LogP contribution in [0.25, 0.3) is 0 Å². The van der Waals surface area contributed by atoms with Gasteiger partial charge in [0.25, 0.3) is 0 Å². The number of rotatable bonds is 3. The Kier molecular flexibility index (Phi) is 3.53. The Morgan fingerprint density at radius 1 is 1.50 bits per heavy atom. The quantitative estimate of drug-likeness (QED) is 0.599. The van der Waals surface area contributed by atoms with Crippen LogP contribution in [-0.4, -0.2) is 7.11 Å². The maximum Gasteiger partial charge on any atom is 0.134 e. The van der Waals surface area contributed by atoms with Crippen molar-refractivity contribution in [3.05, 3.63) is 16.3 Å². The summed E-state index contributed by atoms with van der Waals surface area (Å²) in [6.45, 7) is 6.45. The molecule has 0 spiro atoms. The number of nitrogens with one attached hydrogen (secondary N) is 1. The highest BCUT2D eigenvalue weighted by molar-refractivity contribution is 7.10. The van der Waals surface area contributed by atoms with Gasteiger partial charge in [-0.3, -0.25) is 11.3 Å². The average molecular weight is 214 g/mol. The molecule has 0 fully saturated rings. The van der Waals surface area contributed by atoms with Crippen molar-refractivity contribution in [2.24, 2.45) is 11.3 Å². The Balaban J connectivity index is 3.01. The van der Waals surface area contributed by atoms with E-state index in [9.17, 15) is 0 Å². The normalized spacial score (nSPS) is 14.1. The predicted octanol–water partition coefficient (Wildman–Crippen LogP) is 2.31. The molecule has 80 valence electrons. The van der Waals surface area contributed by atoms with E-state index in [1.165, 1.54) is 0 Å². The summed E-state index contributed by atoms with van der Waals surface area (Å²) >= 11 is 1.67. The van der Waals surface area contributed by atoms with Gasteiger partial charge >= 0.3 is 0 Å². The Morgan fingerprint density at radius 3 is 2.57 bits per heavy atom. The number of hydrogen-bond donors (Lipinski definition) is 2. The van der Waals surface area contributed by atoms with Gasteiger partial charge in [-0.25, -0.2) is 0 Å². The molecule has 0 saturated carbocycles. The van der Waals surface area contributed by atoms with Gasteiger partial charge in [-0.15, -0.1) is 11.3 Å². The van der Waals surface area contributed by atoms with Crippen LogP contribution in [0.3, 0.4) is 0 Å². The van der Waals surface area contributed by atoms with Gasteiger partial charge in [0.1, 0.15) is 5.75 Å².